The van der Waals surface area contributed by atoms with E-state index in [2.05, 4.69) is 17.2 Å². The van der Waals surface area contributed by atoms with Gasteiger partial charge in [0.05, 0.1) is 12.1 Å². The molecule has 0 amide bonds. The molecule has 102 valence electrons. The Kier molecular flexibility index (Phi) is 6.58. The molecule has 1 rings (SSSR count). The highest BCUT2D eigenvalue weighted by atomic mass is 35.5. The molecule has 5 heteroatoms. The largest absolute Gasteiger partial charge is 0.490 e. The van der Waals surface area contributed by atoms with Crippen LogP contribution in [0.5, 0.6) is 5.75 Å². The first kappa shape index (κ1) is 15.4. The molecule has 0 aliphatic rings. The molecule has 0 radical (unpaired) electrons. The third-order valence-corrected chi connectivity index (χ3v) is 3.83. The van der Waals surface area contributed by atoms with Crippen molar-refractivity contribution in [1.82, 2.24) is 4.98 Å². The number of anilines is 1. The number of nitrogens with one attached hydrogen (secondary N) is 1. The number of hydrogen-bond acceptors (Lipinski definition) is 3. The Morgan fingerprint density at radius 1 is 1.33 bits per heavy atom. The molecule has 0 bridgehead atoms. The molecule has 0 saturated carbocycles. The average molecular weight is 291 g/mol. The van der Waals surface area contributed by atoms with Gasteiger partial charge in [0, 0.05) is 18.0 Å². The number of alkyl halides is 2. The monoisotopic (exact) mass is 290 g/mol. The van der Waals surface area contributed by atoms with Gasteiger partial charge in [-0.25, -0.2) is 4.98 Å². The second-order valence-corrected chi connectivity index (χ2v) is 4.76. The second kappa shape index (κ2) is 7.70. The highest BCUT2D eigenvalue weighted by molar-refractivity contribution is 6.22. The summed E-state index contributed by atoms with van der Waals surface area (Å²) in [4.78, 5) is 4.31. The van der Waals surface area contributed by atoms with E-state index in [1.165, 1.54) is 0 Å². The van der Waals surface area contributed by atoms with E-state index in [1.807, 2.05) is 19.1 Å². The first-order chi connectivity index (χ1) is 8.71. The summed E-state index contributed by atoms with van der Waals surface area (Å²) in [6, 6.07) is 3.75. The van der Waals surface area contributed by atoms with Crippen LogP contribution in [0.25, 0.3) is 0 Å². The zero-order valence-corrected chi connectivity index (χ0v) is 12.4. The van der Waals surface area contributed by atoms with Crippen molar-refractivity contribution in [3.8, 4) is 5.75 Å². The molecule has 1 heterocycles. The first-order valence-electron chi connectivity index (χ1n) is 6.19. The Morgan fingerprint density at radius 2 is 2.06 bits per heavy atom. The maximum atomic E-state index is 6.02. The van der Waals surface area contributed by atoms with Gasteiger partial charge >= 0.3 is 0 Å². The lowest BCUT2D eigenvalue weighted by molar-refractivity contribution is 0.317. The van der Waals surface area contributed by atoms with Gasteiger partial charge in [-0.15, -0.1) is 23.2 Å². The number of aromatic nitrogens is 1. The number of rotatable bonds is 8. The smallest absolute Gasteiger partial charge is 0.169 e. The lowest BCUT2D eigenvalue weighted by atomic mass is 10.0. The second-order valence-electron chi connectivity index (χ2n) is 4.22. The van der Waals surface area contributed by atoms with Crippen LogP contribution < -0.4 is 10.1 Å². The molecule has 0 fully saturated rings. The zero-order valence-electron chi connectivity index (χ0n) is 10.9. The predicted molar refractivity (Wildman–Crippen MR) is 78.1 cm³/mol. The van der Waals surface area contributed by atoms with E-state index in [-0.39, 0.29) is 5.54 Å². The summed E-state index contributed by atoms with van der Waals surface area (Å²) in [5.74, 6) is 2.30. The van der Waals surface area contributed by atoms with Gasteiger partial charge in [0.1, 0.15) is 0 Å². The first-order valence-corrected chi connectivity index (χ1v) is 7.26. The van der Waals surface area contributed by atoms with Crippen molar-refractivity contribution in [2.45, 2.75) is 32.2 Å². The maximum Gasteiger partial charge on any atom is 0.169 e. The molecule has 0 aliphatic carbocycles. The van der Waals surface area contributed by atoms with Gasteiger partial charge in [-0.05, 0) is 25.0 Å². The fraction of sp³-hybridized carbons (Fsp3) is 0.615. The molecule has 1 aromatic heterocycles. The van der Waals surface area contributed by atoms with Crippen molar-refractivity contribution in [2.24, 2.45) is 0 Å². The van der Waals surface area contributed by atoms with Crippen LogP contribution in [0.2, 0.25) is 0 Å². The zero-order chi connectivity index (χ0) is 13.4. The lowest BCUT2D eigenvalue weighted by Gasteiger charge is -2.30. The van der Waals surface area contributed by atoms with Crippen LogP contribution in [-0.2, 0) is 0 Å². The normalized spacial score (nSPS) is 11.3. The van der Waals surface area contributed by atoms with Gasteiger partial charge < -0.3 is 10.1 Å². The molecule has 0 atom stereocenters. The van der Waals surface area contributed by atoms with Crippen LogP contribution in [0.1, 0.15) is 26.7 Å². The molecule has 1 N–H and O–H groups in total. The molecular weight excluding hydrogens is 271 g/mol. The van der Waals surface area contributed by atoms with Crippen molar-refractivity contribution in [3.63, 3.8) is 0 Å². The van der Waals surface area contributed by atoms with E-state index in [4.69, 9.17) is 27.9 Å². The van der Waals surface area contributed by atoms with Crippen LogP contribution in [0.3, 0.4) is 0 Å². The maximum absolute atomic E-state index is 6.02. The standard InChI is InChI=1S/C13H20Cl2N2O/c1-3-8-18-11-6-5-7-16-12(11)17-13(4-2,9-14)10-15/h5-7H,3-4,8-10H2,1-2H3,(H,16,17). The SMILES string of the molecule is CCCOc1cccnc1NC(CC)(CCl)CCl. The van der Waals surface area contributed by atoms with Crippen LogP contribution in [0.4, 0.5) is 5.82 Å². The van der Waals surface area contributed by atoms with Gasteiger partial charge in [-0.3, -0.25) is 0 Å². The molecule has 0 saturated heterocycles. The van der Waals surface area contributed by atoms with Crippen LogP contribution in [-0.4, -0.2) is 28.9 Å². The molecule has 0 aliphatic heterocycles. The third kappa shape index (κ3) is 3.92. The van der Waals surface area contributed by atoms with Crippen molar-refractivity contribution in [1.29, 1.82) is 0 Å². The number of halogens is 2. The summed E-state index contributed by atoms with van der Waals surface area (Å²) in [5.41, 5.74) is -0.345. The van der Waals surface area contributed by atoms with E-state index in [0.717, 1.165) is 18.6 Å². The average Bonchev–Trinajstić information content (AvgIpc) is 2.44. The van der Waals surface area contributed by atoms with Crippen molar-refractivity contribution < 1.29 is 4.74 Å². The predicted octanol–water partition coefficient (Wildman–Crippen LogP) is 3.91. The summed E-state index contributed by atoms with van der Waals surface area (Å²) in [6.45, 7) is 4.78. The Hall–Kier alpha value is -0.670. The number of hydrogen-bond donors (Lipinski definition) is 1. The van der Waals surface area contributed by atoms with Crippen molar-refractivity contribution in [3.05, 3.63) is 18.3 Å². The van der Waals surface area contributed by atoms with Gasteiger partial charge in [-0.2, -0.15) is 0 Å². The number of pyridine rings is 1. The molecule has 0 aromatic carbocycles. The quantitative estimate of drug-likeness (QED) is 0.737. The van der Waals surface area contributed by atoms with Crippen LogP contribution in [0, 0.1) is 0 Å². The molecule has 0 unspecified atom stereocenters. The van der Waals surface area contributed by atoms with Crippen molar-refractivity contribution in [2.75, 3.05) is 23.7 Å². The summed E-state index contributed by atoms with van der Waals surface area (Å²) in [5, 5.41) is 3.32. The number of ether oxygens (including phenoxy) is 1. The van der Waals surface area contributed by atoms with Gasteiger partial charge in [0.25, 0.3) is 0 Å². The summed E-state index contributed by atoms with van der Waals surface area (Å²) >= 11 is 12.0. The number of nitrogens with zero attached hydrogens (tertiary/aromatic N) is 1. The fourth-order valence-electron chi connectivity index (χ4n) is 1.44. The van der Waals surface area contributed by atoms with Crippen LogP contribution in [0.15, 0.2) is 18.3 Å². The minimum absolute atomic E-state index is 0.345. The topological polar surface area (TPSA) is 34.1 Å². The molecular formula is C13H20Cl2N2O. The summed E-state index contributed by atoms with van der Waals surface area (Å²) in [7, 11) is 0. The highest BCUT2D eigenvalue weighted by Crippen LogP contribution is 2.27. The van der Waals surface area contributed by atoms with Crippen molar-refractivity contribution >= 4 is 29.0 Å². The Bertz CT molecular complexity index is 348. The Morgan fingerprint density at radius 3 is 2.61 bits per heavy atom. The van der Waals surface area contributed by atoms with E-state index in [0.29, 0.717) is 24.2 Å². The molecule has 0 spiro atoms. The van der Waals surface area contributed by atoms with E-state index in [9.17, 15) is 0 Å². The lowest BCUT2D eigenvalue weighted by Crippen LogP contribution is -2.42. The minimum atomic E-state index is -0.345. The summed E-state index contributed by atoms with van der Waals surface area (Å²) in [6.07, 6.45) is 3.51. The van der Waals surface area contributed by atoms with E-state index in [1.54, 1.807) is 6.20 Å². The third-order valence-electron chi connectivity index (χ3n) is 2.80. The summed E-state index contributed by atoms with van der Waals surface area (Å²) < 4.78 is 5.65. The van der Waals surface area contributed by atoms with E-state index >= 15 is 0 Å². The van der Waals surface area contributed by atoms with Crippen LogP contribution >= 0.6 is 23.2 Å². The van der Waals surface area contributed by atoms with E-state index < -0.39 is 0 Å². The fourth-order valence-corrected chi connectivity index (χ4v) is 2.24. The molecule has 18 heavy (non-hydrogen) atoms. The minimum Gasteiger partial charge on any atom is -0.490 e. The Balaban J connectivity index is 2.88. The highest BCUT2D eigenvalue weighted by Gasteiger charge is 2.27. The van der Waals surface area contributed by atoms with Gasteiger partial charge in [0.15, 0.2) is 11.6 Å². The Labute approximate surface area is 119 Å². The van der Waals surface area contributed by atoms with Gasteiger partial charge in [-0.1, -0.05) is 13.8 Å². The molecule has 1 aromatic rings. The van der Waals surface area contributed by atoms with Gasteiger partial charge in [0.2, 0.25) is 0 Å². The molecule has 3 nitrogen and oxygen atoms in total.